The van der Waals surface area contributed by atoms with Crippen LogP contribution in [0.5, 0.6) is 0 Å². The smallest absolute Gasteiger partial charge is 0.254 e. The topological polar surface area (TPSA) is 54.5 Å². The molecule has 1 atom stereocenters. The standard InChI is InChI=1S/C14H18ClNO3S/c1-20(18,19)13-7-4-5-11(9-13)14(17)16-8-3-2-6-12(16)10-15/h4-5,7,9,12H,2-3,6,8,10H2,1H3. The first-order valence-corrected chi connectivity index (χ1v) is 9.03. The van der Waals surface area contributed by atoms with E-state index in [2.05, 4.69) is 0 Å². The highest BCUT2D eigenvalue weighted by Crippen LogP contribution is 2.21. The number of hydrogen-bond donors (Lipinski definition) is 0. The van der Waals surface area contributed by atoms with Crippen molar-refractivity contribution >= 4 is 27.3 Å². The molecule has 1 fully saturated rings. The fraction of sp³-hybridized carbons (Fsp3) is 0.500. The molecule has 1 aliphatic heterocycles. The zero-order chi connectivity index (χ0) is 14.8. The Kier molecular flexibility index (Phi) is 4.70. The maximum absolute atomic E-state index is 12.5. The van der Waals surface area contributed by atoms with Crippen LogP contribution in [0.3, 0.4) is 0 Å². The van der Waals surface area contributed by atoms with Crippen LogP contribution in [0, 0.1) is 0 Å². The molecule has 1 unspecified atom stereocenters. The third-order valence-corrected chi connectivity index (χ3v) is 5.04. The summed E-state index contributed by atoms with van der Waals surface area (Å²) >= 11 is 5.92. The number of rotatable bonds is 3. The summed E-state index contributed by atoms with van der Waals surface area (Å²) in [5, 5.41) is 0. The lowest BCUT2D eigenvalue weighted by molar-refractivity contribution is 0.0639. The van der Waals surface area contributed by atoms with Crippen LogP contribution < -0.4 is 0 Å². The molecule has 0 spiro atoms. The largest absolute Gasteiger partial charge is 0.334 e. The Bertz CT molecular complexity index is 600. The van der Waals surface area contributed by atoms with Crippen LogP contribution in [0.4, 0.5) is 0 Å². The average Bonchev–Trinajstić information content (AvgIpc) is 2.45. The number of nitrogens with zero attached hydrogens (tertiary/aromatic N) is 1. The first-order chi connectivity index (χ1) is 9.43. The fourth-order valence-corrected chi connectivity index (χ4v) is 3.44. The maximum atomic E-state index is 12.5. The molecule has 0 radical (unpaired) electrons. The molecule has 1 aromatic carbocycles. The summed E-state index contributed by atoms with van der Waals surface area (Å²) in [6.45, 7) is 0.680. The molecule has 1 aromatic rings. The van der Waals surface area contributed by atoms with Gasteiger partial charge in [0, 0.05) is 30.3 Å². The number of alkyl halides is 1. The normalized spacial score (nSPS) is 19.9. The molecule has 1 saturated heterocycles. The summed E-state index contributed by atoms with van der Waals surface area (Å²) in [5.74, 6) is 0.276. The zero-order valence-corrected chi connectivity index (χ0v) is 13.0. The molecule has 1 heterocycles. The van der Waals surface area contributed by atoms with Gasteiger partial charge in [-0.2, -0.15) is 0 Å². The summed E-state index contributed by atoms with van der Waals surface area (Å²) < 4.78 is 23.1. The Morgan fingerprint density at radius 1 is 1.40 bits per heavy atom. The van der Waals surface area contributed by atoms with Gasteiger partial charge >= 0.3 is 0 Å². The first-order valence-electron chi connectivity index (χ1n) is 6.60. The molecule has 0 N–H and O–H groups in total. The van der Waals surface area contributed by atoms with Crippen molar-refractivity contribution in [3.8, 4) is 0 Å². The highest BCUT2D eigenvalue weighted by molar-refractivity contribution is 7.90. The van der Waals surface area contributed by atoms with Crippen molar-refractivity contribution in [3.63, 3.8) is 0 Å². The Morgan fingerprint density at radius 3 is 2.80 bits per heavy atom. The lowest BCUT2D eigenvalue weighted by Gasteiger charge is -2.34. The molecule has 0 bridgehead atoms. The van der Waals surface area contributed by atoms with Crippen molar-refractivity contribution in [3.05, 3.63) is 29.8 Å². The number of likely N-dealkylation sites (tertiary alicyclic amines) is 1. The van der Waals surface area contributed by atoms with Gasteiger partial charge in [0.05, 0.1) is 4.90 Å². The number of amides is 1. The second-order valence-electron chi connectivity index (χ2n) is 5.10. The molecular weight excluding hydrogens is 298 g/mol. The van der Waals surface area contributed by atoms with Crippen molar-refractivity contribution < 1.29 is 13.2 Å². The number of carbonyl (C=O) groups is 1. The predicted octanol–water partition coefficient (Wildman–Crippen LogP) is 2.32. The molecular formula is C14H18ClNO3S. The van der Waals surface area contributed by atoms with E-state index >= 15 is 0 Å². The van der Waals surface area contributed by atoms with E-state index in [4.69, 9.17) is 11.6 Å². The molecule has 1 aliphatic rings. The minimum Gasteiger partial charge on any atom is -0.334 e. The molecule has 0 saturated carbocycles. The second kappa shape index (κ2) is 6.14. The molecule has 1 amide bonds. The van der Waals surface area contributed by atoms with Crippen molar-refractivity contribution in [1.29, 1.82) is 0 Å². The number of sulfone groups is 1. The molecule has 20 heavy (non-hydrogen) atoms. The van der Waals surface area contributed by atoms with E-state index in [9.17, 15) is 13.2 Å². The summed E-state index contributed by atoms with van der Waals surface area (Å²) in [7, 11) is -3.31. The minimum atomic E-state index is -3.31. The molecule has 0 aromatic heterocycles. The highest BCUT2D eigenvalue weighted by Gasteiger charge is 2.27. The zero-order valence-electron chi connectivity index (χ0n) is 11.4. The summed E-state index contributed by atoms with van der Waals surface area (Å²) in [6.07, 6.45) is 4.08. The molecule has 110 valence electrons. The Labute approximate surface area is 124 Å². The van der Waals surface area contributed by atoms with Crippen LogP contribution in [0.2, 0.25) is 0 Å². The van der Waals surface area contributed by atoms with E-state index in [0.29, 0.717) is 18.0 Å². The van der Waals surface area contributed by atoms with Crippen molar-refractivity contribution in [2.45, 2.75) is 30.2 Å². The minimum absolute atomic E-state index is 0.0415. The van der Waals surface area contributed by atoms with Gasteiger partial charge in [0.2, 0.25) is 0 Å². The van der Waals surface area contributed by atoms with Gasteiger partial charge in [-0.05, 0) is 37.5 Å². The van der Waals surface area contributed by atoms with Gasteiger partial charge in [-0.25, -0.2) is 8.42 Å². The van der Waals surface area contributed by atoms with Crippen molar-refractivity contribution in [2.75, 3.05) is 18.7 Å². The van der Waals surface area contributed by atoms with Crippen molar-refractivity contribution in [2.24, 2.45) is 0 Å². The first kappa shape index (κ1) is 15.3. The van der Waals surface area contributed by atoms with Crippen LogP contribution >= 0.6 is 11.6 Å². The molecule has 0 aliphatic carbocycles. The van der Waals surface area contributed by atoms with E-state index in [-0.39, 0.29) is 16.8 Å². The highest BCUT2D eigenvalue weighted by atomic mass is 35.5. The van der Waals surface area contributed by atoms with Gasteiger partial charge in [0.25, 0.3) is 5.91 Å². The van der Waals surface area contributed by atoms with Gasteiger partial charge in [0.1, 0.15) is 0 Å². The third-order valence-electron chi connectivity index (χ3n) is 3.58. The number of hydrogen-bond acceptors (Lipinski definition) is 3. The summed E-state index contributed by atoms with van der Waals surface area (Å²) in [4.78, 5) is 14.5. The van der Waals surface area contributed by atoms with Gasteiger partial charge < -0.3 is 4.90 Å². The fourth-order valence-electron chi connectivity index (χ4n) is 2.45. The van der Waals surface area contributed by atoms with Crippen LogP contribution in [0.25, 0.3) is 0 Å². The van der Waals surface area contributed by atoms with E-state index < -0.39 is 9.84 Å². The lowest BCUT2D eigenvalue weighted by atomic mass is 10.0. The SMILES string of the molecule is CS(=O)(=O)c1cccc(C(=O)N2CCCCC2CCl)c1. The number of benzene rings is 1. The van der Waals surface area contributed by atoms with Crippen molar-refractivity contribution in [1.82, 2.24) is 4.90 Å². The average molecular weight is 316 g/mol. The van der Waals surface area contributed by atoms with Crippen LogP contribution in [0.1, 0.15) is 29.6 Å². The van der Waals surface area contributed by atoms with Crippen LogP contribution in [-0.4, -0.2) is 43.9 Å². The molecule has 6 heteroatoms. The third kappa shape index (κ3) is 3.33. The number of piperidine rings is 1. The number of halogens is 1. The van der Waals surface area contributed by atoms with Gasteiger partial charge in [-0.15, -0.1) is 11.6 Å². The second-order valence-corrected chi connectivity index (χ2v) is 7.43. The van der Waals surface area contributed by atoms with Crippen LogP contribution in [-0.2, 0) is 9.84 Å². The number of carbonyl (C=O) groups excluding carboxylic acids is 1. The Morgan fingerprint density at radius 2 is 2.15 bits per heavy atom. The molecule has 4 nitrogen and oxygen atoms in total. The lowest BCUT2D eigenvalue weighted by Crippen LogP contribution is -2.44. The maximum Gasteiger partial charge on any atom is 0.254 e. The summed E-state index contributed by atoms with van der Waals surface area (Å²) in [6, 6.07) is 6.24. The summed E-state index contributed by atoms with van der Waals surface area (Å²) in [5.41, 5.74) is 0.407. The Hall–Kier alpha value is -1.07. The van der Waals surface area contributed by atoms with Gasteiger partial charge in [-0.1, -0.05) is 6.07 Å². The van der Waals surface area contributed by atoms with Gasteiger partial charge in [0.15, 0.2) is 9.84 Å². The predicted molar refractivity (Wildman–Crippen MR) is 78.9 cm³/mol. The van der Waals surface area contributed by atoms with E-state index in [1.54, 1.807) is 17.0 Å². The van der Waals surface area contributed by atoms with E-state index in [1.807, 2.05) is 0 Å². The van der Waals surface area contributed by atoms with Crippen LogP contribution in [0.15, 0.2) is 29.2 Å². The Balaban J connectivity index is 2.29. The quantitative estimate of drug-likeness (QED) is 0.804. The monoisotopic (exact) mass is 315 g/mol. The molecule has 2 rings (SSSR count). The van der Waals surface area contributed by atoms with E-state index in [0.717, 1.165) is 25.5 Å². The van der Waals surface area contributed by atoms with E-state index in [1.165, 1.54) is 12.1 Å². The van der Waals surface area contributed by atoms with Gasteiger partial charge in [-0.3, -0.25) is 4.79 Å².